The number of halogens is 1. The molecule has 0 radical (unpaired) electrons. The van der Waals surface area contributed by atoms with Crippen LogP contribution >= 0.6 is 0 Å². The van der Waals surface area contributed by atoms with Crippen molar-refractivity contribution >= 4 is 0 Å². The molecule has 0 amide bonds. The normalized spacial score (nSPS) is 18.9. The van der Waals surface area contributed by atoms with Gasteiger partial charge >= 0.3 is 0 Å². The van der Waals surface area contributed by atoms with Crippen molar-refractivity contribution in [2.24, 2.45) is 0 Å². The molecule has 1 fully saturated rings. The third-order valence-electron chi connectivity index (χ3n) is 3.82. The molecule has 1 aromatic heterocycles. The zero-order valence-corrected chi connectivity index (χ0v) is 11.5. The average molecular weight is 270 g/mol. The molecule has 3 heteroatoms. The number of hydrogen-bond acceptors (Lipinski definition) is 2. The van der Waals surface area contributed by atoms with E-state index in [1.165, 1.54) is 18.9 Å². The van der Waals surface area contributed by atoms with Gasteiger partial charge in [0.05, 0.1) is 0 Å². The molecule has 2 heterocycles. The molecule has 2 nitrogen and oxygen atoms in total. The molecule has 0 unspecified atom stereocenters. The molecule has 104 valence electrons. The van der Waals surface area contributed by atoms with Crippen LogP contribution < -0.4 is 5.32 Å². The van der Waals surface area contributed by atoms with Crippen LogP contribution in [0.4, 0.5) is 4.39 Å². The van der Waals surface area contributed by atoms with Gasteiger partial charge in [-0.1, -0.05) is 18.2 Å². The van der Waals surface area contributed by atoms with Gasteiger partial charge in [0.25, 0.3) is 0 Å². The van der Waals surface area contributed by atoms with E-state index in [1.54, 1.807) is 12.1 Å². The van der Waals surface area contributed by atoms with Gasteiger partial charge in [-0.2, -0.15) is 0 Å². The molecule has 3 rings (SSSR count). The van der Waals surface area contributed by atoms with Crippen LogP contribution in [0.25, 0.3) is 0 Å². The first-order valence-electron chi connectivity index (χ1n) is 7.22. The van der Waals surface area contributed by atoms with Crippen molar-refractivity contribution in [1.82, 2.24) is 10.3 Å². The monoisotopic (exact) mass is 270 g/mol. The van der Waals surface area contributed by atoms with Crippen LogP contribution in [0.1, 0.15) is 35.7 Å². The van der Waals surface area contributed by atoms with Crippen LogP contribution in [0, 0.1) is 5.82 Å². The van der Waals surface area contributed by atoms with Gasteiger partial charge in [-0.3, -0.25) is 4.98 Å². The van der Waals surface area contributed by atoms with Gasteiger partial charge in [-0.05, 0) is 49.2 Å². The first-order chi connectivity index (χ1) is 9.81. The minimum absolute atomic E-state index is 0.185. The van der Waals surface area contributed by atoms with Gasteiger partial charge in [-0.15, -0.1) is 0 Å². The van der Waals surface area contributed by atoms with Crippen molar-refractivity contribution in [2.75, 3.05) is 13.1 Å². The van der Waals surface area contributed by atoms with Crippen LogP contribution in [-0.2, 0) is 6.42 Å². The number of piperidine rings is 1. The Kier molecular flexibility index (Phi) is 4.07. The number of hydrogen-bond donors (Lipinski definition) is 1. The van der Waals surface area contributed by atoms with Crippen molar-refractivity contribution in [2.45, 2.75) is 25.2 Å². The van der Waals surface area contributed by atoms with Gasteiger partial charge in [0, 0.05) is 30.3 Å². The zero-order valence-electron chi connectivity index (χ0n) is 11.5. The number of aromatic nitrogens is 1. The van der Waals surface area contributed by atoms with Gasteiger partial charge in [0.15, 0.2) is 0 Å². The molecule has 1 aliphatic rings. The Morgan fingerprint density at radius 3 is 2.90 bits per heavy atom. The lowest BCUT2D eigenvalue weighted by atomic mass is 9.95. The number of nitrogens with zero attached hydrogens (tertiary/aromatic N) is 1. The van der Waals surface area contributed by atoms with Gasteiger partial charge in [-0.25, -0.2) is 4.39 Å². The molecular weight excluding hydrogens is 251 g/mol. The van der Waals surface area contributed by atoms with Crippen molar-refractivity contribution < 1.29 is 4.39 Å². The average Bonchev–Trinajstić information content (AvgIpc) is 2.48. The van der Waals surface area contributed by atoms with Crippen LogP contribution in [0.3, 0.4) is 0 Å². The second-order valence-corrected chi connectivity index (χ2v) is 5.40. The summed E-state index contributed by atoms with van der Waals surface area (Å²) >= 11 is 0. The van der Waals surface area contributed by atoms with Gasteiger partial charge < -0.3 is 5.32 Å². The van der Waals surface area contributed by atoms with Crippen LogP contribution in [0.15, 0.2) is 42.5 Å². The molecule has 1 N–H and O–H groups in total. The van der Waals surface area contributed by atoms with E-state index < -0.39 is 0 Å². The summed E-state index contributed by atoms with van der Waals surface area (Å²) in [4.78, 5) is 4.76. The highest BCUT2D eigenvalue weighted by atomic mass is 19.1. The largest absolute Gasteiger partial charge is 0.316 e. The van der Waals surface area contributed by atoms with E-state index in [0.717, 1.165) is 30.0 Å². The second-order valence-electron chi connectivity index (χ2n) is 5.40. The van der Waals surface area contributed by atoms with E-state index in [-0.39, 0.29) is 5.82 Å². The Bertz CT molecular complexity index is 577. The predicted molar refractivity (Wildman–Crippen MR) is 78.3 cm³/mol. The molecule has 0 saturated carbocycles. The van der Waals surface area contributed by atoms with E-state index in [0.29, 0.717) is 12.3 Å². The van der Waals surface area contributed by atoms with Crippen LogP contribution in [-0.4, -0.2) is 18.1 Å². The van der Waals surface area contributed by atoms with Crippen molar-refractivity contribution in [1.29, 1.82) is 0 Å². The van der Waals surface area contributed by atoms with Gasteiger partial charge in [0.2, 0.25) is 0 Å². The maximum atomic E-state index is 13.2. The molecule has 1 saturated heterocycles. The summed E-state index contributed by atoms with van der Waals surface area (Å²) in [5.74, 6) is 0.325. The Hall–Kier alpha value is -1.74. The highest BCUT2D eigenvalue weighted by Gasteiger charge is 2.16. The Morgan fingerprint density at radius 1 is 1.20 bits per heavy atom. The third kappa shape index (κ3) is 3.23. The summed E-state index contributed by atoms with van der Waals surface area (Å²) in [5, 5.41) is 3.42. The minimum atomic E-state index is -0.185. The maximum absolute atomic E-state index is 13.2. The van der Waals surface area contributed by atoms with Crippen molar-refractivity contribution in [3.63, 3.8) is 0 Å². The first kappa shape index (κ1) is 13.3. The quantitative estimate of drug-likeness (QED) is 0.926. The number of nitrogens with one attached hydrogen (secondary N) is 1. The Balaban J connectivity index is 1.77. The fourth-order valence-corrected chi connectivity index (χ4v) is 2.78. The predicted octanol–water partition coefficient (Wildman–Crippen LogP) is 3.28. The van der Waals surface area contributed by atoms with Crippen molar-refractivity contribution in [3.05, 3.63) is 65.2 Å². The molecule has 1 aromatic carbocycles. The van der Waals surface area contributed by atoms with Crippen LogP contribution in [0.5, 0.6) is 0 Å². The summed E-state index contributed by atoms with van der Waals surface area (Å²) in [6.45, 7) is 2.12. The highest BCUT2D eigenvalue weighted by Crippen LogP contribution is 2.22. The number of benzene rings is 1. The van der Waals surface area contributed by atoms with Crippen LogP contribution in [0.2, 0.25) is 0 Å². The number of rotatable bonds is 3. The third-order valence-corrected chi connectivity index (χ3v) is 3.82. The summed E-state index contributed by atoms with van der Waals surface area (Å²) in [7, 11) is 0. The molecule has 20 heavy (non-hydrogen) atoms. The van der Waals surface area contributed by atoms with Crippen molar-refractivity contribution in [3.8, 4) is 0 Å². The molecule has 1 atom stereocenters. The lowest BCUT2D eigenvalue weighted by molar-refractivity contribution is 0.454. The lowest BCUT2D eigenvalue weighted by Crippen LogP contribution is -2.28. The van der Waals surface area contributed by atoms with Gasteiger partial charge in [0.1, 0.15) is 5.82 Å². The topological polar surface area (TPSA) is 24.9 Å². The Labute approximate surface area is 119 Å². The fraction of sp³-hybridized carbons (Fsp3) is 0.353. The molecular formula is C17H19FN2. The maximum Gasteiger partial charge on any atom is 0.123 e. The smallest absolute Gasteiger partial charge is 0.123 e. The summed E-state index contributed by atoms with van der Waals surface area (Å²) in [6.07, 6.45) is 3.09. The minimum Gasteiger partial charge on any atom is -0.316 e. The summed E-state index contributed by atoms with van der Waals surface area (Å²) in [5.41, 5.74) is 3.14. The van der Waals surface area contributed by atoms with E-state index in [1.807, 2.05) is 12.1 Å². The molecule has 0 spiro atoms. The van der Waals surface area contributed by atoms with E-state index in [4.69, 9.17) is 4.98 Å². The van der Waals surface area contributed by atoms with E-state index in [2.05, 4.69) is 17.4 Å². The Morgan fingerprint density at radius 2 is 2.10 bits per heavy atom. The zero-order chi connectivity index (χ0) is 13.8. The lowest BCUT2D eigenvalue weighted by Gasteiger charge is -2.22. The highest BCUT2D eigenvalue weighted by molar-refractivity contribution is 5.24. The van der Waals surface area contributed by atoms with E-state index >= 15 is 0 Å². The summed E-state index contributed by atoms with van der Waals surface area (Å²) in [6, 6.07) is 12.9. The molecule has 1 aliphatic heterocycles. The second kappa shape index (κ2) is 6.14. The summed E-state index contributed by atoms with van der Waals surface area (Å²) < 4.78 is 13.2. The SMILES string of the molecule is Fc1cccc(Cc2cccc([C@@H]3CCCNC3)n2)c1. The molecule has 0 bridgehead atoms. The standard InChI is InChI=1S/C17H19FN2/c18-15-6-1-4-13(10-15)11-16-7-2-8-17(20-16)14-5-3-9-19-12-14/h1-2,4,6-8,10,14,19H,3,5,9,11-12H2/t14-/m1/s1. The number of pyridine rings is 1. The molecule has 2 aromatic rings. The molecule has 0 aliphatic carbocycles. The van der Waals surface area contributed by atoms with E-state index in [9.17, 15) is 4.39 Å². The first-order valence-corrected chi connectivity index (χ1v) is 7.22. The fourth-order valence-electron chi connectivity index (χ4n) is 2.78.